The normalized spacial score (nSPS) is 11.1. The molecule has 0 aliphatic heterocycles. The summed E-state index contributed by atoms with van der Waals surface area (Å²) in [6.07, 6.45) is -1.30. The summed E-state index contributed by atoms with van der Waals surface area (Å²) in [5.74, 6) is -0.664. The van der Waals surface area contributed by atoms with Gasteiger partial charge in [0.2, 0.25) is 6.10 Å². The molecule has 0 saturated heterocycles. The summed E-state index contributed by atoms with van der Waals surface area (Å²) < 4.78 is 16.1. The van der Waals surface area contributed by atoms with E-state index in [2.05, 4.69) is 10.6 Å². The van der Waals surface area contributed by atoms with E-state index in [1.807, 2.05) is 0 Å². The highest BCUT2D eigenvalue weighted by Gasteiger charge is 2.27. The van der Waals surface area contributed by atoms with E-state index in [0.29, 0.717) is 23.7 Å². The average Bonchev–Trinajstić information content (AvgIpc) is 2.72. The molecule has 1 atom stereocenters. The van der Waals surface area contributed by atoms with Gasteiger partial charge in [-0.15, -0.1) is 0 Å². The van der Waals surface area contributed by atoms with E-state index in [0.717, 1.165) is 0 Å². The van der Waals surface area contributed by atoms with Gasteiger partial charge in [0.15, 0.2) is 11.5 Å². The second-order valence-corrected chi connectivity index (χ2v) is 5.56. The Morgan fingerprint density at radius 3 is 2.36 bits per heavy atom. The van der Waals surface area contributed by atoms with Crippen molar-refractivity contribution in [1.29, 1.82) is 0 Å². The van der Waals surface area contributed by atoms with Crippen molar-refractivity contribution in [1.82, 2.24) is 10.6 Å². The Hall–Kier alpha value is -3.55. The fourth-order valence-electron chi connectivity index (χ4n) is 2.39. The molecular weight excluding hydrogens is 364 g/mol. The van der Waals surface area contributed by atoms with Crippen LogP contribution in [-0.2, 0) is 9.53 Å². The van der Waals surface area contributed by atoms with E-state index in [4.69, 9.17) is 14.2 Å². The zero-order valence-electron chi connectivity index (χ0n) is 15.9. The van der Waals surface area contributed by atoms with Crippen LogP contribution in [-0.4, -0.2) is 38.7 Å². The molecule has 28 heavy (non-hydrogen) atoms. The van der Waals surface area contributed by atoms with Crippen LogP contribution in [0.1, 0.15) is 28.9 Å². The topological polar surface area (TPSA) is 103 Å². The first kappa shape index (κ1) is 20.8. The molecule has 8 heteroatoms. The molecule has 0 fully saturated rings. The molecule has 8 nitrogen and oxygen atoms in total. The monoisotopic (exact) mass is 386 g/mol. The maximum absolute atomic E-state index is 12.6. The summed E-state index contributed by atoms with van der Waals surface area (Å²) in [6, 6.07) is 12.3. The Kier molecular flexibility index (Phi) is 7.38. The van der Waals surface area contributed by atoms with Crippen molar-refractivity contribution in [2.75, 3.05) is 20.8 Å². The van der Waals surface area contributed by atoms with E-state index >= 15 is 0 Å². The molecule has 148 valence electrons. The molecule has 0 aliphatic rings. The fraction of sp³-hybridized carbons (Fsp3) is 0.250. The molecule has 0 bridgehead atoms. The average molecular weight is 386 g/mol. The summed E-state index contributed by atoms with van der Waals surface area (Å²) >= 11 is 0. The predicted molar refractivity (Wildman–Crippen MR) is 101 cm³/mol. The summed E-state index contributed by atoms with van der Waals surface area (Å²) in [6.45, 7) is 2.19. The zero-order valence-corrected chi connectivity index (χ0v) is 15.9. The van der Waals surface area contributed by atoms with Gasteiger partial charge in [0, 0.05) is 12.6 Å². The molecule has 0 spiro atoms. The number of rotatable bonds is 7. The lowest BCUT2D eigenvalue weighted by Crippen LogP contribution is -2.41. The summed E-state index contributed by atoms with van der Waals surface area (Å²) in [5.41, 5.74) is 0.605. The molecule has 2 aromatic rings. The standard InChI is InChI=1S/C20H22N2O6/c1-4-27-16-12-14(10-11-15(16)26-3)19(24)28-17(13-8-6-5-7-9-13)18(23)22-20(25)21-2/h5-12,17H,4H2,1-3H3,(H2,21,22,23,25)/t17-/m1/s1. The molecule has 0 saturated carbocycles. The number of hydrogen-bond acceptors (Lipinski definition) is 6. The van der Waals surface area contributed by atoms with E-state index in [1.54, 1.807) is 43.3 Å². The third-order valence-electron chi connectivity index (χ3n) is 3.73. The van der Waals surface area contributed by atoms with Gasteiger partial charge in [-0.1, -0.05) is 30.3 Å². The number of imide groups is 1. The van der Waals surface area contributed by atoms with Gasteiger partial charge in [0.25, 0.3) is 5.91 Å². The van der Waals surface area contributed by atoms with Crippen molar-refractivity contribution in [3.8, 4) is 11.5 Å². The first-order valence-corrected chi connectivity index (χ1v) is 8.59. The van der Waals surface area contributed by atoms with Gasteiger partial charge >= 0.3 is 12.0 Å². The summed E-state index contributed by atoms with van der Waals surface area (Å²) in [7, 11) is 2.86. The first-order chi connectivity index (χ1) is 13.5. The molecule has 0 unspecified atom stereocenters. The Morgan fingerprint density at radius 1 is 1.04 bits per heavy atom. The van der Waals surface area contributed by atoms with Crippen molar-refractivity contribution in [2.24, 2.45) is 0 Å². The van der Waals surface area contributed by atoms with Gasteiger partial charge < -0.3 is 19.5 Å². The summed E-state index contributed by atoms with van der Waals surface area (Å²) in [5, 5.41) is 4.40. The van der Waals surface area contributed by atoms with Crippen molar-refractivity contribution in [3.63, 3.8) is 0 Å². The van der Waals surface area contributed by atoms with Gasteiger partial charge in [-0.3, -0.25) is 10.1 Å². The first-order valence-electron chi connectivity index (χ1n) is 8.59. The molecule has 0 radical (unpaired) electrons. The third-order valence-corrected chi connectivity index (χ3v) is 3.73. The number of ether oxygens (including phenoxy) is 3. The Labute approximate surface area is 162 Å². The quantitative estimate of drug-likeness (QED) is 0.709. The van der Waals surface area contributed by atoms with Gasteiger partial charge in [-0.05, 0) is 25.1 Å². The lowest BCUT2D eigenvalue weighted by Gasteiger charge is -2.18. The second kappa shape index (κ2) is 9.96. The van der Waals surface area contributed by atoms with Gasteiger partial charge in [0.05, 0.1) is 19.3 Å². The van der Waals surface area contributed by atoms with Crippen molar-refractivity contribution < 1.29 is 28.6 Å². The minimum absolute atomic E-state index is 0.179. The predicted octanol–water partition coefficient (Wildman–Crippen LogP) is 2.45. The molecular formula is C20H22N2O6. The number of hydrogen-bond donors (Lipinski definition) is 2. The molecule has 2 rings (SSSR count). The third kappa shape index (κ3) is 5.23. The van der Waals surface area contributed by atoms with Crippen LogP contribution in [0.2, 0.25) is 0 Å². The molecule has 2 N–H and O–H groups in total. The van der Waals surface area contributed by atoms with Gasteiger partial charge in [-0.25, -0.2) is 9.59 Å². The number of esters is 1. The SMILES string of the molecule is CCOc1cc(C(=O)O[C@@H](C(=O)NC(=O)NC)c2ccccc2)ccc1OC. The number of carbonyl (C=O) groups excluding carboxylic acids is 3. The smallest absolute Gasteiger partial charge is 0.339 e. The highest BCUT2D eigenvalue weighted by atomic mass is 16.5. The van der Waals surface area contributed by atoms with Gasteiger partial charge in [0.1, 0.15) is 0 Å². The van der Waals surface area contributed by atoms with E-state index in [-0.39, 0.29) is 5.56 Å². The van der Waals surface area contributed by atoms with Crippen LogP contribution in [0.4, 0.5) is 4.79 Å². The molecule has 0 aromatic heterocycles. The molecule has 2 aromatic carbocycles. The lowest BCUT2D eigenvalue weighted by atomic mass is 10.1. The van der Waals surface area contributed by atoms with Crippen LogP contribution in [0.5, 0.6) is 11.5 Å². The van der Waals surface area contributed by atoms with Crippen molar-refractivity contribution >= 4 is 17.9 Å². The molecule has 3 amide bonds. The fourth-order valence-corrected chi connectivity index (χ4v) is 2.39. The minimum atomic E-state index is -1.30. The number of methoxy groups -OCH3 is 1. The number of urea groups is 1. The minimum Gasteiger partial charge on any atom is -0.493 e. The highest BCUT2D eigenvalue weighted by Crippen LogP contribution is 2.29. The van der Waals surface area contributed by atoms with E-state index < -0.39 is 24.0 Å². The Morgan fingerprint density at radius 2 is 1.75 bits per heavy atom. The van der Waals surface area contributed by atoms with Crippen LogP contribution in [0.15, 0.2) is 48.5 Å². The Bertz CT molecular complexity index is 838. The number of carbonyl (C=O) groups is 3. The lowest BCUT2D eigenvalue weighted by molar-refractivity contribution is -0.129. The van der Waals surface area contributed by atoms with Gasteiger partial charge in [-0.2, -0.15) is 0 Å². The van der Waals surface area contributed by atoms with Crippen LogP contribution in [0, 0.1) is 0 Å². The maximum atomic E-state index is 12.6. The van der Waals surface area contributed by atoms with Crippen LogP contribution in [0.3, 0.4) is 0 Å². The van der Waals surface area contributed by atoms with E-state index in [9.17, 15) is 14.4 Å². The Balaban J connectivity index is 2.28. The number of benzene rings is 2. The zero-order chi connectivity index (χ0) is 20.5. The van der Waals surface area contributed by atoms with Crippen LogP contribution >= 0.6 is 0 Å². The van der Waals surface area contributed by atoms with E-state index in [1.165, 1.54) is 26.3 Å². The molecule has 0 aliphatic carbocycles. The van der Waals surface area contributed by atoms with Crippen molar-refractivity contribution in [3.05, 3.63) is 59.7 Å². The largest absolute Gasteiger partial charge is 0.493 e. The second-order valence-electron chi connectivity index (χ2n) is 5.56. The van der Waals surface area contributed by atoms with Crippen molar-refractivity contribution in [2.45, 2.75) is 13.0 Å². The molecule has 0 heterocycles. The highest BCUT2D eigenvalue weighted by molar-refractivity contribution is 5.99. The number of amides is 3. The van der Waals surface area contributed by atoms with Crippen LogP contribution < -0.4 is 20.1 Å². The summed E-state index contributed by atoms with van der Waals surface area (Å²) in [4.78, 5) is 36.6. The van der Waals surface area contributed by atoms with Crippen LogP contribution in [0.25, 0.3) is 0 Å². The maximum Gasteiger partial charge on any atom is 0.339 e. The number of nitrogens with one attached hydrogen (secondary N) is 2.